The summed E-state index contributed by atoms with van der Waals surface area (Å²) in [6.45, 7) is 2.03. The number of nitrogens with two attached hydrogens (primary N) is 1. The fourth-order valence-corrected chi connectivity index (χ4v) is 3.74. The maximum atomic E-state index is 14.0. The molecule has 7 nitrogen and oxygen atoms in total. The summed E-state index contributed by atoms with van der Waals surface area (Å²) in [5.74, 6) is 0.0401. The van der Waals surface area contributed by atoms with Gasteiger partial charge in [0.25, 0.3) is 0 Å². The SMILES string of the molecule is CC(=O)c1cc(N2CCC[C@H]2C(N)=O)nc(-c2ccc(Oc3ccc(Cl)cc3F)cc2)n1. The molecule has 1 aromatic heterocycles. The molecule has 4 rings (SSSR count). The molecule has 0 radical (unpaired) electrons. The molecule has 1 aliphatic rings. The molecule has 164 valence electrons. The van der Waals surface area contributed by atoms with Gasteiger partial charge in [0, 0.05) is 30.1 Å². The van der Waals surface area contributed by atoms with E-state index in [4.69, 9.17) is 22.1 Å². The van der Waals surface area contributed by atoms with Crippen molar-refractivity contribution in [3.05, 3.63) is 65.1 Å². The highest BCUT2D eigenvalue weighted by molar-refractivity contribution is 6.30. The van der Waals surface area contributed by atoms with Gasteiger partial charge in [0.05, 0.1) is 0 Å². The van der Waals surface area contributed by atoms with Crippen molar-refractivity contribution in [2.75, 3.05) is 11.4 Å². The normalized spacial score (nSPS) is 15.6. The number of rotatable bonds is 6. The molecule has 1 fully saturated rings. The largest absolute Gasteiger partial charge is 0.454 e. The van der Waals surface area contributed by atoms with Crippen molar-refractivity contribution in [3.63, 3.8) is 0 Å². The summed E-state index contributed by atoms with van der Waals surface area (Å²) >= 11 is 5.77. The second-order valence-electron chi connectivity index (χ2n) is 7.45. The quantitative estimate of drug-likeness (QED) is 0.555. The number of Topliss-reactive ketones (excluding diaryl/α,β-unsaturated/α-hetero) is 1. The third-order valence-electron chi connectivity index (χ3n) is 5.18. The van der Waals surface area contributed by atoms with E-state index in [0.717, 1.165) is 6.42 Å². The molecule has 2 heterocycles. The van der Waals surface area contributed by atoms with E-state index in [0.29, 0.717) is 35.9 Å². The molecule has 1 atom stereocenters. The standard InChI is InChI=1S/C23H20ClFN4O3/c1-13(30)18-12-21(29-10-2-3-19(29)22(26)31)28-23(27-18)14-4-7-16(8-5-14)32-20-9-6-15(24)11-17(20)25/h4-9,11-12,19H,2-3,10H2,1H3,(H2,26,31)/t19-/m0/s1. The lowest BCUT2D eigenvalue weighted by Gasteiger charge is -2.24. The average Bonchev–Trinajstić information content (AvgIpc) is 3.26. The Morgan fingerprint density at radius 3 is 2.56 bits per heavy atom. The van der Waals surface area contributed by atoms with Crippen LogP contribution in [0.5, 0.6) is 11.5 Å². The van der Waals surface area contributed by atoms with Gasteiger partial charge in [-0.25, -0.2) is 14.4 Å². The van der Waals surface area contributed by atoms with Gasteiger partial charge in [0.1, 0.15) is 23.3 Å². The Morgan fingerprint density at radius 2 is 1.91 bits per heavy atom. The smallest absolute Gasteiger partial charge is 0.240 e. The van der Waals surface area contributed by atoms with E-state index in [2.05, 4.69) is 9.97 Å². The molecule has 3 aromatic rings. The maximum Gasteiger partial charge on any atom is 0.240 e. The Hall–Kier alpha value is -3.52. The molecule has 1 aliphatic heterocycles. The zero-order valence-corrected chi connectivity index (χ0v) is 18.0. The van der Waals surface area contributed by atoms with Crippen LogP contribution in [0.4, 0.5) is 10.2 Å². The Morgan fingerprint density at radius 1 is 1.16 bits per heavy atom. The van der Waals surface area contributed by atoms with Crippen molar-refractivity contribution in [2.24, 2.45) is 5.73 Å². The molecule has 0 saturated carbocycles. The molecule has 32 heavy (non-hydrogen) atoms. The van der Waals surface area contributed by atoms with Gasteiger partial charge in [0.15, 0.2) is 23.2 Å². The zero-order valence-electron chi connectivity index (χ0n) is 17.2. The lowest BCUT2D eigenvalue weighted by molar-refractivity contribution is -0.119. The molecule has 0 bridgehead atoms. The van der Waals surface area contributed by atoms with Crippen molar-refractivity contribution in [2.45, 2.75) is 25.8 Å². The number of carbonyl (C=O) groups excluding carboxylic acids is 2. The molecule has 1 amide bonds. The number of hydrogen-bond donors (Lipinski definition) is 1. The van der Waals surface area contributed by atoms with Crippen molar-refractivity contribution in [1.82, 2.24) is 9.97 Å². The highest BCUT2D eigenvalue weighted by atomic mass is 35.5. The summed E-state index contributed by atoms with van der Waals surface area (Å²) < 4.78 is 19.6. The van der Waals surface area contributed by atoms with Crippen LogP contribution in [0.15, 0.2) is 48.5 Å². The van der Waals surface area contributed by atoms with Gasteiger partial charge in [-0.2, -0.15) is 0 Å². The first-order valence-corrected chi connectivity index (χ1v) is 10.4. The fraction of sp³-hybridized carbons (Fsp3) is 0.217. The van der Waals surface area contributed by atoms with Gasteiger partial charge >= 0.3 is 0 Å². The monoisotopic (exact) mass is 454 g/mol. The van der Waals surface area contributed by atoms with E-state index in [-0.39, 0.29) is 22.2 Å². The first-order chi connectivity index (χ1) is 15.3. The first kappa shape index (κ1) is 21.7. The summed E-state index contributed by atoms with van der Waals surface area (Å²) in [5, 5.41) is 0.278. The molecular weight excluding hydrogens is 435 g/mol. The minimum atomic E-state index is -0.571. The minimum absolute atomic E-state index is 0.0470. The highest BCUT2D eigenvalue weighted by Crippen LogP contribution is 2.30. The van der Waals surface area contributed by atoms with Crippen LogP contribution in [0.3, 0.4) is 0 Å². The Balaban J connectivity index is 1.64. The summed E-state index contributed by atoms with van der Waals surface area (Å²) in [7, 11) is 0. The number of ketones is 1. The van der Waals surface area contributed by atoms with Crippen LogP contribution < -0.4 is 15.4 Å². The lowest BCUT2D eigenvalue weighted by Crippen LogP contribution is -2.40. The predicted octanol–water partition coefficient (Wildman–Crippen LogP) is 4.39. The van der Waals surface area contributed by atoms with Crippen LogP contribution in [0.2, 0.25) is 5.02 Å². The number of primary amides is 1. The number of anilines is 1. The highest BCUT2D eigenvalue weighted by Gasteiger charge is 2.31. The molecule has 9 heteroatoms. The number of nitrogens with zero attached hydrogens (tertiary/aromatic N) is 3. The molecule has 1 saturated heterocycles. The van der Waals surface area contributed by atoms with Gasteiger partial charge in [-0.1, -0.05) is 11.6 Å². The number of halogens is 2. The van der Waals surface area contributed by atoms with Crippen molar-refractivity contribution in [1.29, 1.82) is 0 Å². The number of amides is 1. The number of hydrogen-bond acceptors (Lipinski definition) is 6. The van der Waals surface area contributed by atoms with E-state index in [1.54, 1.807) is 35.2 Å². The maximum absolute atomic E-state index is 14.0. The van der Waals surface area contributed by atoms with Crippen LogP contribution >= 0.6 is 11.6 Å². The Bertz CT molecular complexity index is 1190. The van der Waals surface area contributed by atoms with E-state index < -0.39 is 17.8 Å². The molecule has 2 aromatic carbocycles. The van der Waals surface area contributed by atoms with E-state index in [9.17, 15) is 14.0 Å². The lowest BCUT2D eigenvalue weighted by atomic mass is 10.1. The Kier molecular flexibility index (Phi) is 6.05. The summed E-state index contributed by atoms with van der Waals surface area (Å²) in [6.07, 6.45) is 1.44. The molecule has 0 unspecified atom stereocenters. The molecular formula is C23H20ClFN4O3. The van der Waals surface area contributed by atoms with Gasteiger partial charge in [-0.15, -0.1) is 0 Å². The number of ether oxygens (including phenoxy) is 1. The summed E-state index contributed by atoms with van der Waals surface area (Å²) in [5.41, 5.74) is 6.40. The molecule has 0 aliphatic carbocycles. The average molecular weight is 455 g/mol. The third kappa shape index (κ3) is 4.55. The van der Waals surface area contributed by atoms with Crippen LogP contribution in [0.25, 0.3) is 11.4 Å². The number of carbonyl (C=O) groups is 2. The van der Waals surface area contributed by atoms with Gasteiger partial charge in [-0.05, 0) is 55.3 Å². The fourth-order valence-electron chi connectivity index (χ4n) is 3.58. The van der Waals surface area contributed by atoms with E-state index in [1.807, 2.05) is 0 Å². The van der Waals surface area contributed by atoms with E-state index in [1.165, 1.54) is 25.1 Å². The molecule has 2 N–H and O–H groups in total. The second-order valence-corrected chi connectivity index (χ2v) is 7.88. The number of benzene rings is 2. The zero-order chi connectivity index (χ0) is 22.8. The van der Waals surface area contributed by atoms with Crippen LogP contribution in [0.1, 0.15) is 30.3 Å². The molecule has 0 spiro atoms. The third-order valence-corrected chi connectivity index (χ3v) is 5.42. The summed E-state index contributed by atoms with van der Waals surface area (Å²) in [4.78, 5) is 34.6. The first-order valence-electron chi connectivity index (χ1n) is 10.0. The van der Waals surface area contributed by atoms with Gasteiger partial charge < -0.3 is 15.4 Å². The van der Waals surface area contributed by atoms with Crippen molar-refractivity contribution < 1.29 is 18.7 Å². The topological polar surface area (TPSA) is 98.4 Å². The van der Waals surface area contributed by atoms with Gasteiger partial charge in [-0.3, -0.25) is 9.59 Å². The van der Waals surface area contributed by atoms with Crippen LogP contribution in [0, 0.1) is 5.82 Å². The van der Waals surface area contributed by atoms with Crippen molar-refractivity contribution in [3.8, 4) is 22.9 Å². The van der Waals surface area contributed by atoms with Crippen molar-refractivity contribution >= 4 is 29.1 Å². The van der Waals surface area contributed by atoms with Crippen LogP contribution in [-0.4, -0.2) is 34.2 Å². The van der Waals surface area contributed by atoms with Crippen LogP contribution in [-0.2, 0) is 4.79 Å². The second kappa shape index (κ2) is 8.92. The van der Waals surface area contributed by atoms with Gasteiger partial charge in [0.2, 0.25) is 5.91 Å². The summed E-state index contributed by atoms with van der Waals surface area (Å²) in [6, 6.07) is 12.0. The Labute approximate surface area is 189 Å². The van der Waals surface area contributed by atoms with E-state index >= 15 is 0 Å². The minimum Gasteiger partial charge on any atom is -0.454 e. The number of aromatic nitrogens is 2. The predicted molar refractivity (Wildman–Crippen MR) is 119 cm³/mol.